The van der Waals surface area contributed by atoms with E-state index >= 15 is 0 Å². The molecule has 0 radical (unpaired) electrons. The molecule has 0 aliphatic heterocycles. The van der Waals surface area contributed by atoms with Crippen LogP contribution in [0.25, 0.3) is 10.4 Å². The topological polar surface area (TPSA) is 69.1 Å². The van der Waals surface area contributed by atoms with E-state index in [1.807, 2.05) is 31.1 Å². The van der Waals surface area contributed by atoms with Crippen molar-refractivity contribution >= 4 is 11.5 Å². The molecule has 0 aliphatic carbocycles. The summed E-state index contributed by atoms with van der Waals surface area (Å²) in [7, 11) is 3.86. The van der Waals surface area contributed by atoms with E-state index < -0.39 is 6.04 Å². The number of azide groups is 1. The normalized spacial score (nSPS) is 11.4. The Balaban J connectivity index is 2.89. The second-order valence-electron chi connectivity index (χ2n) is 3.69. The van der Waals surface area contributed by atoms with Gasteiger partial charge in [-0.2, -0.15) is 0 Å². The Bertz CT molecular complexity index is 418. The fraction of sp³-hybridized carbons (Fsp3) is 0.364. The minimum absolute atomic E-state index is 0.164. The summed E-state index contributed by atoms with van der Waals surface area (Å²) >= 11 is 0. The monoisotopic (exact) mass is 218 g/mol. The van der Waals surface area contributed by atoms with E-state index in [0.717, 1.165) is 5.69 Å². The molecule has 5 nitrogen and oxygen atoms in total. The molecule has 16 heavy (non-hydrogen) atoms. The first-order valence-electron chi connectivity index (χ1n) is 4.92. The van der Waals surface area contributed by atoms with Crippen LogP contribution in [0.2, 0.25) is 0 Å². The first kappa shape index (κ1) is 12.1. The van der Waals surface area contributed by atoms with Crippen molar-refractivity contribution in [2.45, 2.75) is 13.0 Å². The Labute approximate surface area is 94.3 Å². The molecule has 0 spiro atoms. The molecule has 1 rings (SSSR count). The van der Waals surface area contributed by atoms with E-state index in [1.54, 1.807) is 19.1 Å². The summed E-state index contributed by atoms with van der Waals surface area (Å²) in [6.45, 7) is 1.59. The smallest absolute Gasteiger partial charge is 0.171 e. The molecule has 5 heteroatoms. The number of rotatable bonds is 4. The molecule has 0 bridgehead atoms. The third kappa shape index (κ3) is 2.74. The second-order valence-corrected chi connectivity index (χ2v) is 3.69. The van der Waals surface area contributed by atoms with E-state index in [-0.39, 0.29) is 5.78 Å². The van der Waals surface area contributed by atoms with Gasteiger partial charge < -0.3 is 4.90 Å². The average Bonchev–Trinajstić information content (AvgIpc) is 2.28. The second kappa shape index (κ2) is 5.19. The van der Waals surface area contributed by atoms with Crippen molar-refractivity contribution in [3.8, 4) is 0 Å². The number of carbonyl (C=O) groups is 1. The first-order chi connectivity index (χ1) is 7.56. The third-order valence-electron chi connectivity index (χ3n) is 2.27. The number of benzene rings is 1. The number of nitrogens with zero attached hydrogens (tertiary/aromatic N) is 4. The quantitative estimate of drug-likeness (QED) is 0.337. The highest BCUT2D eigenvalue weighted by Crippen LogP contribution is 2.14. The average molecular weight is 218 g/mol. The molecular weight excluding hydrogens is 204 g/mol. The van der Waals surface area contributed by atoms with Gasteiger partial charge in [-0.25, -0.2) is 0 Å². The lowest BCUT2D eigenvalue weighted by atomic mass is 10.1. The van der Waals surface area contributed by atoms with Crippen LogP contribution in [0.3, 0.4) is 0 Å². The zero-order valence-electron chi connectivity index (χ0n) is 9.58. The van der Waals surface area contributed by atoms with Crippen molar-refractivity contribution < 1.29 is 4.79 Å². The maximum absolute atomic E-state index is 11.7. The van der Waals surface area contributed by atoms with E-state index in [4.69, 9.17) is 5.53 Å². The van der Waals surface area contributed by atoms with Crippen LogP contribution in [0.5, 0.6) is 0 Å². The summed E-state index contributed by atoms with van der Waals surface area (Å²) < 4.78 is 0. The Hall–Kier alpha value is -2.00. The van der Waals surface area contributed by atoms with Crippen molar-refractivity contribution in [1.29, 1.82) is 0 Å². The molecule has 1 aromatic carbocycles. The van der Waals surface area contributed by atoms with Crippen LogP contribution in [0, 0.1) is 0 Å². The van der Waals surface area contributed by atoms with Crippen LogP contribution in [0.1, 0.15) is 17.3 Å². The van der Waals surface area contributed by atoms with E-state index in [0.29, 0.717) is 5.56 Å². The Morgan fingerprint density at radius 2 is 1.94 bits per heavy atom. The van der Waals surface area contributed by atoms with Gasteiger partial charge in [-0.15, -0.1) is 0 Å². The van der Waals surface area contributed by atoms with Crippen molar-refractivity contribution in [3.05, 3.63) is 40.3 Å². The lowest BCUT2D eigenvalue weighted by Gasteiger charge is -2.12. The SMILES string of the molecule is CC(N=[N+]=[N-])C(=O)c1ccc(N(C)C)cc1. The highest BCUT2D eigenvalue weighted by Gasteiger charge is 2.13. The molecule has 84 valence electrons. The summed E-state index contributed by atoms with van der Waals surface area (Å²) in [5, 5.41) is 3.38. The fourth-order valence-electron chi connectivity index (χ4n) is 1.29. The standard InChI is InChI=1S/C11H14N4O/c1-8(13-14-12)11(16)9-4-6-10(7-5-9)15(2)3/h4-8H,1-3H3. The number of hydrogen-bond acceptors (Lipinski definition) is 3. The van der Waals surface area contributed by atoms with Crippen molar-refractivity contribution in [2.24, 2.45) is 5.11 Å². The number of hydrogen-bond donors (Lipinski definition) is 0. The summed E-state index contributed by atoms with van der Waals surface area (Å²) in [6.07, 6.45) is 0. The van der Waals surface area contributed by atoms with Gasteiger partial charge in [-0.3, -0.25) is 4.79 Å². The van der Waals surface area contributed by atoms with Gasteiger partial charge >= 0.3 is 0 Å². The third-order valence-corrected chi connectivity index (χ3v) is 2.27. The van der Waals surface area contributed by atoms with E-state index in [1.165, 1.54) is 0 Å². The molecule has 0 amide bonds. The minimum atomic E-state index is -0.657. The molecule has 0 heterocycles. The predicted octanol–water partition coefficient (Wildman–Crippen LogP) is 2.63. The summed E-state index contributed by atoms with van der Waals surface area (Å²) in [6, 6.07) is 6.53. The molecule has 0 aromatic heterocycles. The van der Waals surface area contributed by atoms with Gasteiger partial charge in [-0.1, -0.05) is 5.11 Å². The van der Waals surface area contributed by atoms with Gasteiger partial charge in [0.2, 0.25) is 0 Å². The zero-order chi connectivity index (χ0) is 12.1. The molecule has 0 saturated heterocycles. The molecule has 0 saturated carbocycles. The molecule has 0 N–H and O–H groups in total. The van der Waals surface area contributed by atoms with Gasteiger partial charge in [0.1, 0.15) is 0 Å². The van der Waals surface area contributed by atoms with E-state index in [2.05, 4.69) is 10.0 Å². The van der Waals surface area contributed by atoms with Crippen molar-refractivity contribution in [1.82, 2.24) is 0 Å². The molecule has 1 aromatic rings. The van der Waals surface area contributed by atoms with Crippen LogP contribution in [0.15, 0.2) is 29.4 Å². The van der Waals surface area contributed by atoms with Crippen LogP contribution < -0.4 is 4.90 Å². The largest absolute Gasteiger partial charge is 0.378 e. The molecule has 0 aliphatic rings. The molecule has 1 atom stereocenters. The maximum atomic E-state index is 11.7. The number of carbonyl (C=O) groups excluding carboxylic acids is 1. The Morgan fingerprint density at radius 3 is 2.38 bits per heavy atom. The van der Waals surface area contributed by atoms with Crippen molar-refractivity contribution in [3.63, 3.8) is 0 Å². The summed E-state index contributed by atoms with van der Waals surface area (Å²) in [5.41, 5.74) is 9.83. The van der Waals surface area contributed by atoms with Gasteiger partial charge in [0.15, 0.2) is 5.78 Å². The van der Waals surface area contributed by atoms with Crippen molar-refractivity contribution in [2.75, 3.05) is 19.0 Å². The highest BCUT2D eigenvalue weighted by atomic mass is 16.1. The Morgan fingerprint density at radius 1 is 1.38 bits per heavy atom. The number of Topliss-reactive ketones (excluding diaryl/α,β-unsaturated/α-hetero) is 1. The highest BCUT2D eigenvalue weighted by molar-refractivity contribution is 6.00. The van der Waals surface area contributed by atoms with Gasteiger partial charge in [0.25, 0.3) is 0 Å². The van der Waals surface area contributed by atoms with Gasteiger partial charge in [-0.05, 0) is 36.7 Å². The number of ketones is 1. The minimum Gasteiger partial charge on any atom is -0.378 e. The number of anilines is 1. The zero-order valence-corrected chi connectivity index (χ0v) is 9.58. The summed E-state index contributed by atoms with van der Waals surface area (Å²) in [4.78, 5) is 16.3. The van der Waals surface area contributed by atoms with Crippen LogP contribution >= 0.6 is 0 Å². The van der Waals surface area contributed by atoms with Gasteiger partial charge in [0.05, 0.1) is 6.04 Å². The lowest BCUT2D eigenvalue weighted by molar-refractivity contribution is 0.0968. The molecule has 1 unspecified atom stereocenters. The first-order valence-corrected chi connectivity index (χ1v) is 4.92. The lowest BCUT2D eigenvalue weighted by Crippen LogP contribution is -2.14. The fourth-order valence-corrected chi connectivity index (χ4v) is 1.29. The van der Waals surface area contributed by atoms with Crippen LogP contribution in [-0.2, 0) is 0 Å². The maximum Gasteiger partial charge on any atom is 0.171 e. The Kier molecular flexibility index (Phi) is 3.91. The predicted molar refractivity (Wildman–Crippen MR) is 63.7 cm³/mol. The van der Waals surface area contributed by atoms with Gasteiger partial charge in [0, 0.05) is 30.3 Å². The molecule has 0 fully saturated rings. The van der Waals surface area contributed by atoms with Crippen LogP contribution in [-0.4, -0.2) is 25.9 Å². The molecular formula is C11H14N4O. The van der Waals surface area contributed by atoms with Crippen LogP contribution in [0.4, 0.5) is 5.69 Å². The van der Waals surface area contributed by atoms with E-state index in [9.17, 15) is 4.79 Å². The summed E-state index contributed by atoms with van der Waals surface area (Å²) in [5.74, 6) is -0.164.